The lowest BCUT2D eigenvalue weighted by molar-refractivity contribution is 0.368. The van der Waals surface area contributed by atoms with Crippen molar-refractivity contribution in [1.29, 1.82) is 0 Å². The second-order valence-corrected chi connectivity index (χ2v) is 5.77. The van der Waals surface area contributed by atoms with Crippen LogP contribution in [0.5, 0.6) is 0 Å². The van der Waals surface area contributed by atoms with Crippen molar-refractivity contribution in [2.45, 2.75) is 9.79 Å². The van der Waals surface area contributed by atoms with Gasteiger partial charge in [-0.25, -0.2) is 0 Å². The number of rotatable bonds is 3. The number of halogens is 4. The van der Waals surface area contributed by atoms with Crippen molar-refractivity contribution in [3.8, 4) is 0 Å². The van der Waals surface area contributed by atoms with Gasteiger partial charge in [-0.3, -0.25) is 0 Å². The number of hydrogen-bond donors (Lipinski definition) is 0. The Morgan fingerprint density at radius 2 is 1.16 bits per heavy atom. The van der Waals surface area contributed by atoms with Crippen LogP contribution in [0, 0.1) is 0 Å². The Hall–Kier alpha value is -1.08. The molecule has 0 fully saturated rings. The zero-order valence-electron chi connectivity index (χ0n) is 9.72. The van der Waals surface area contributed by atoms with E-state index in [9.17, 15) is 17.3 Å². The van der Waals surface area contributed by atoms with Gasteiger partial charge in [0.15, 0.2) is 4.90 Å². The Bertz CT molecular complexity index is 417. The van der Waals surface area contributed by atoms with Crippen molar-refractivity contribution in [1.82, 2.24) is 0 Å². The van der Waals surface area contributed by atoms with Crippen LogP contribution in [0.25, 0.3) is 0 Å². The fourth-order valence-corrected chi connectivity index (χ4v) is 3.22. The summed E-state index contributed by atoms with van der Waals surface area (Å²) in [6.07, 6.45) is 0. The second kappa shape index (κ2) is 8.17. The SMILES string of the molecule is F[B-](F)(F)F.c1ccc(S[SH+]c2ccccc2)cc1. The predicted octanol–water partition coefficient (Wildman–Crippen LogP) is 4.87. The molecule has 102 valence electrons. The third-order valence-electron chi connectivity index (χ3n) is 1.76. The Balaban J connectivity index is 0.000000312. The van der Waals surface area contributed by atoms with Gasteiger partial charge in [-0.1, -0.05) is 36.4 Å². The van der Waals surface area contributed by atoms with Crippen LogP contribution < -0.4 is 0 Å². The molecule has 0 aliphatic rings. The minimum atomic E-state index is -6.00. The van der Waals surface area contributed by atoms with Crippen LogP contribution in [0.2, 0.25) is 0 Å². The van der Waals surface area contributed by atoms with Gasteiger partial charge >= 0.3 is 7.25 Å². The second-order valence-electron chi connectivity index (χ2n) is 3.33. The minimum Gasteiger partial charge on any atom is -0.418 e. The molecule has 0 unspecified atom stereocenters. The highest BCUT2D eigenvalue weighted by Crippen LogP contribution is 2.22. The maximum absolute atomic E-state index is 9.75. The molecule has 0 N–H and O–H groups in total. The first-order valence-electron chi connectivity index (χ1n) is 5.30. The molecule has 2 aromatic rings. The van der Waals surface area contributed by atoms with Gasteiger partial charge in [-0.15, -0.1) is 0 Å². The number of benzene rings is 2. The Labute approximate surface area is 117 Å². The highest BCUT2D eigenvalue weighted by molar-refractivity contribution is 8.66. The molecule has 0 aromatic heterocycles. The fourth-order valence-electron chi connectivity index (χ4n) is 1.08. The van der Waals surface area contributed by atoms with Crippen LogP contribution in [0.4, 0.5) is 17.3 Å². The quantitative estimate of drug-likeness (QED) is 0.256. The molecule has 0 aliphatic heterocycles. The van der Waals surface area contributed by atoms with Gasteiger partial charge in [0.2, 0.25) is 0 Å². The monoisotopic (exact) mass is 306 g/mol. The first-order valence-corrected chi connectivity index (χ1v) is 7.62. The molecule has 0 radical (unpaired) electrons. The van der Waals surface area contributed by atoms with Gasteiger partial charge in [0.25, 0.3) is 0 Å². The van der Waals surface area contributed by atoms with E-state index in [1.807, 2.05) is 22.9 Å². The van der Waals surface area contributed by atoms with Gasteiger partial charge in [0.1, 0.15) is 10.8 Å². The fraction of sp³-hybridized carbons (Fsp3) is 0. The van der Waals surface area contributed by atoms with E-state index in [1.165, 1.54) is 20.6 Å². The first kappa shape index (κ1) is 16.0. The van der Waals surface area contributed by atoms with Gasteiger partial charge in [0, 0.05) is 0 Å². The summed E-state index contributed by atoms with van der Waals surface area (Å²) in [6.45, 7) is 0. The molecule has 19 heavy (non-hydrogen) atoms. The maximum Gasteiger partial charge on any atom is 0.673 e. The lowest BCUT2D eigenvalue weighted by Gasteiger charge is -1.94. The summed E-state index contributed by atoms with van der Waals surface area (Å²) in [4.78, 5) is 2.67. The molecule has 0 spiro atoms. The van der Waals surface area contributed by atoms with Crippen molar-refractivity contribution < 1.29 is 17.3 Å². The van der Waals surface area contributed by atoms with E-state index >= 15 is 0 Å². The third-order valence-corrected chi connectivity index (χ3v) is 4.38. The Morgan fingerprint density at radius 1 is 0.737 bits per heavy atom. The smallest absolute Gasteiger partial charge is 0.418 e. The van der Waals surface area contributed by atoms with E-state index in [0.717, 1.165) is 0 Å². The van der Waals surface area contributed by atoms with Crippen LogP contribution in [-0.4, -0.2) is 7.25 Å². The van der Waals surface area contributed by atoms with E-state index in [1.54, 1.807) is 0 Å². The molecular formula is C12H11BF4S2. The van der Waals surface area contributed by atoms with Crippen LogP contribution in [0.15, 0.2) is 70.5 Å². The molecule has 0 atom stereocenters. The van der Waals surface area contributed by atoms with Crippen molar-refractivity contribution in [3.05, 3.63) is 60.7 Å². The standard InChI is InChI=1S/C12H10S2.BF4/c1-3-7-11(8-4-1)13-14-12-9-5-2-6-10-12;2-1(3,4)5/h1-10H;/q;-1/p+1. The minimum absolute atomic E-state index is 1.29. The molecule has 0 saturated heterocycles. The van der Waals surface area contributed by atoms with Gasteiger partial charge in [-0.2, -0.15) is 0 Å². The first-order chi connectivity index (χ1) is 8.95. The van der Waals surface area contributed by atoms with Crippen LogP contribution in [0.3, 0.4) is 0 Å². The highest BCUT2D eigenvalue weighted by atomic mass is 33.1. The molecule has 2 rings (SSSR count). The van der Waals surface area contributed by atoms with Crippen LogP contribution in [0.1, 0.15) is 0 Å². The molecule has 0 nitrogen and oxygen atoms in total. The van der Waals surface area contributed by atoms with E-state index in [-0.39, 0.29) is 0 Å². The van der Waals surface area contributed by atoms with E-state index in [2.05, 4.69) is 48.5 Å². The molecule has 0 aliphatic carbocycles. The normalized spacial score (nSPS) is 10.5. The van der Waals surface area contributed by atoms with Crippen LogP contribution in [-0.2, 0) is 10.8 Å². The summed E-state index contributed by atoms with van der Waals surface area (Å²) in [7, 11) is -2.86. The Morgan fingerprint density at radius 3 is 1.63 bits per heavy atom. The molecule has 7 heteroatoms. The van der Waals surface area contributed by atoms with Crippen molar-refractivity contribution in [3.63, 3.8) is 0 Å². The molecule has 0 heterocycles. The lowest BCUT2D eigenvalue weighted by atomic mass is 10.3. The van der Waals surface area contributed by atoms with Gasteiger partial charge < -0.3 is 17.3 Å². The Kier molecular flexibility index (Phi) is 6.87. The number of thiol groups is 1. The van der Waals surface area contributed by atoms with E-state index < -0.39 is 7.25 Å². The maximum atomic E-state index is 9.75. The summed E-state index contributed by atoms with van der Waals surface area (Å²) in [5, 5.41) is 0. The summed E-state index contributed by atoms with van der Waals surface area (Å²) < 4.78 is 39.0. The van der Waals surface area contributed by atoms with Crippen molar-refractivity contribution >= 4 is 28.8 Å². The third kappa shape index (κ3) is 9.50. The van der Waals surface area contributed by atoms with Crippen molar-refractivity contribution in [2.24, 2.45) is 0 Å². The molecule has 0 amide bonds. The zero-order chi connectivity index (χ0) is 14.1. The van der Waals surface area contributed by atoms with Gasteiger partial charge in [-0.05, 0) is 24.3 Å². The largest absolute Gasteiger partial charge is 0.673 e. The number of hydrogen-bond acceptors (Lipinski definition) is 1. The summed E-state index contributed by atoms with van der Waals surface area (Å²) in [5.74, 6) is 0. The molecular weight excluding hydrogens is 295 g/mol. The van der Waals surface area contributed by atoms with Gasteiger partial charge in [0.05, 0.1) is 15.7 Å². The van der Waals surface area contributed by atoms with Crippen LogP contribution >= 0.6 is 10.8 Å². The van der Waals surface area contributed by atoms with E-state index in [0.29, 0.717) is 0 Å². The van der Waals surface area contributed by atoms with Crippen molar-refractivity contribution in [2.75, 3.05) is 0 Å². The zero-order valence-corrected chi connectivity index (χ0v) is 11.4. The molecule has 0 saturated carbocycles. The predicted molar refractivity (Wildman–Crippen MR) is 76.0 cm³/mol. The lowest BCUT2D eigenvalue weighted by Crippen LogP contribution is -2.02. The molecule has 2 aromatic carbocycles. The summed E-state index contributed by atoms with van der Waals surface area (Å²) in [6, 6.07) is 21.0. The topological polar surface area (TPSA) is 0 Å². The average molecular weight is 306 g/mol. The molecule has 0 bridgehead atoms. The van der Waals surface area contributed by atoms with E-state index in [4.69, 9.17) is 0 Å². The summed E-state index contributed by atoms with van der Waals surface area (Å²) in [5.41, 5.74) is 0. The highest BCUT2D eigenvalue weighted by Gasteiger charge is 2.20. The average Bonchev–Trinajstić information content (AvgIpc) is 2.37. The summed E-state index contributed by atoms with van der Waals surface area (Å²) >= 11 is 0.